The zero-order valence-corrected chi connectivity index (χ0v) is 17.5. The molecule has 0 unspecified atom stereocenters. The first-order valence-corrected chi connectivity index (χ1v) is 9.73. The monoisotopic (exact) mass is 412 g/mol. The third-order valence-corrected chi connectivity index (χ3v) is 5.40. The average molecular weight is 413 g/mol. The van der Waals surface area contributed by atoms with Crippen molar-refractivity contribution < 1.29 is 9.18 Å². The van der Waals surface area contributed by atoms with Crippen LogP contribution in [0.5, 0.6) is 0 Å². The SMILES string of the molecule is CC1=C(N2CN(c3ccc(F)cc3C)c3cnc(Cl)cc3C2=O)C=CC(C)(C)N1. The molecule has 0 bridgehead atoms. The van der Waals surface area contributed by atoms with Crippen LogP contribution < -0.4 is 10.2 Å². The van der Waals surface area contributed by atoms with Gasteiger partial charge in [0.2, 0.25) is 0 Å². The lowest BCUT2D eigenvalue weighted by molar-refractivity contribution is 0.0799. The van der Waals surface area contributed by atoms with Crippen molar-refractivity contribution in [1.82, 2.24) is 15.2 Å². The minimum absolute atomic E-state index is 0.152. The number of fused-ring (bicyclic) bond motifs is 1. The number of aromatic nitrogens is 1. The van der Waals surface area contributed by atoms with Gasteiger partial charge in [-0.2, -0.15) is 0 Å². The van der Waals surface area contributed by atoms with Crippen molar-refractivity contribution in [3.63, 3.8) is 0 Å². The summed E-state index contributed by atoms with van der Waals surface area (Å²) < 4.78 is 13.7. The van der Waals surface area contributed by atoms with Gasteiger partial charge in [-0.1, -0.05) is 17.7 Å². The number of amides is 1. The highest BCUT2D eigenvalue weighted by molar-refractivity contribution is 6.30. The molecule has 2 aromatic rings. The zero-order chi connectivity index (χ0) is 20.9. The fourth-order valence-corrected chi connectivity index (χ4v) is 4.00. The Bertz CT molecular complexity index is 1080. The summed E-state index contributed by atoms with van der Waals surface area (Å²) in [6.07, 6.45) is 5.59. The molecule has 0 saturated carbocycles. The summed E-state index contributed by atoms with van der Waals surface area (Å²) in [6.45, 7) is 8.21. The lowest BCUT2D eigenvalue weighted by atomic mass is 9.99. The highest BCUT2D eigenvalue weighted by Crippen LogP contribution is 2.38. The number of carbonyl (C=O) groups is 1. The summed E-state index contributed by atoms with van der Waals surface area (Å²) in [5.74, 6) is -0.452. The number of hydrogen-bond acceptors (Lipinski definition) is 4. The van der Waals surface area contributed by atoms with E-state index in [9.17, 15) is 9.18 Å². The summed E-state index contributed by atoms with van der Waals surface area (Å²) in [7, 11) is 0. The van der Waals surface area contributed by atoms with Crippen LogP contribution in [0.25, 0.3) is 0 Å². The molecular weight excluding hydrogens is 391 g/mol. The normalized spacial score (nSPS) is 18.1. The molecule has 4 rings (SSSR count). The van der Waals surface area contributed by atoms with Crippen LogP contribution >= 0.6 is 11.6 Å². The van der Waals surface area contributed by atoms with E-state index in [0.717, 1.165) is 22.6 Å². The highest BCUT2D eigenvalue weighted by atomic mass is 35.5. The lowest BCUT2D eigenvalue weighted by Gasteiger charge is -2.41. The van der Waals surface area contributed by atoms with Gasteiger partial charge < -0.3 is 10.2 Å². The van der Waals surface area contributed by atoms with Crippen molar-refractivity contribution in [2.45, 2.75) is 33.2 Å². The third-order valence-electron chi connectivity index (χ3n) is 5.19. The molecule has 1 N–H and O–H groups in total. The first kappa shape index (κ1) is 19.5. The Morgan fingerprint density at radius 3 is 2.62 bits per heavy atom. The lowest BCUT2D eigenvalue weighted by Crippen LogP contribution is -2.47. The van der Waals surface area contributed by atoms with Crippen molar-refractivity contribution in [2.75, 3.05) is 11.6 Å². The van der Waals surface area contributed by atoms with E-state index in [-0.39, 0.29) is 29.1 Å². The summed E-state index contributed by atoms with van der Waals surface area (Å²) in [6, 6.07) is 6.20. The second-order valence-corrected chi connectivity index (χ2v) is 8.34. The van der Waals surface area contributed by atoms with Gasteiger partial charge in [-0.05, 0) is 63.6 Å². The van der Waals surface area contributed by atoms with Gasteiger partial charge in [0, 0.05) is 11.4 Å². The molecule has 5 nitrogen and oxygen atoms in total. The van der Waals surface area contributed by atoms with E-state index >= 15 is 0 Å². The van der Waals surface area contributed by atoms with Crippen molar-refractivity contribution in [2.24, 2.45) is 0 Å². The van der Waals surface area contributed by atoms with Crippen molar-refractivity contribution in [3.05, 3.63) is 76.1 Å². The standard InChI is InChI=1S/C22H22ClFN4O/c1-13-9-15(24)5-6-17(13)27-12-28(18-7-8-22(3,4)26-14(18)2)21(29)16-10-20(23)25-11-19(16)27/h5-11,26H,12H2,1-4H3. The summed E-state index contributed by atoms with van der Waals surface area (Å²) in [4.78, 5) is 21.2. The van der Waals surface area contributed by atoms with E-state index in [0.29, 0.717) is 11.3 Å². The second kappa shape index (κ2) is 6.88. The predicted molar refractivity (Wildman–Crippen MR) is 113 cm³/mol. The van der Waals surface area contributed by atoms with E-state index in [4.69, 9.17) is 11.6 Å². The zero-order valence-electron chi connectivity index (χ0n) is 16.8. The molecule has 2 aliphatic rings. The summed E-state index contributed by atoms with van der Waals surface area (Å²) in [5.41, 5.74) is 4.19. The first-order valence-electron chi connectivity index (χ1n) is 9.36. The van der Waals surface area contributed by atoms with Crippen LogP contribution in [-0.4, -0.2) is 28.0 Å². The van der Waals surface area contributed by atoms with Gasteiger partial charge in [0.1, 0.15) is 17.6 Å². The van der Waals surface area contributed by atoms with E-state index < -0.39 is 0 Å². The Kier molecular flexibility index (Phi) is 4.62. The van der Waals surface area contributed by atoms with Gasteiger partial charge in [-0.15, -0.1) is 0 Å². The maximum absolute atomic E-state index is 13.7. The van der Waals surface area contributed by atoms with E-state index in [1.54, 1.807) is 23.2 Å². The molecule has 1 aromatic heterocycles. The van der Waals surface area contributed by atoms with E-state index in [2.05, 4.69) is 24.1 Å². The number of rotatable bonds is 2. The van der Waals surface area contributed by atoms with Gasteiger partial charge >= 0.3 is 0 Å². The number of aryl methyl sites for hydroxylation is 1. The number of dihydropyridines is 1. The van der Waals surface area contributed by atoms with Crippen LogP contribution in [0.2, 0.25) is 5.15 Å². The number of benzene rings is 1. The topological polar surface area (TPSA) is 48.5 Å². The Morgan fingerprint density at radius 2 is 1.93 bits per heavy atom. The van der Waals surface area contributed by atoms with Gasteiger partial charge in [-0.3, -0.25) is 9.69 Å². The first-order chi connectivity index (χ1) is 13.7. The fraction of sp³-hybridized carbons (Fsp3) is 0.273. The largest absolute Gasteiger partial charge is 0.379 e. The Morgan fingerprint density at radius 1 is 1.17 bits per heavy atom. The molecule has 7 heteroatoms. The van der Waals surface area contributed by atoms with Crippen LogP contribution in [0.15, 0.2) is 54.0 Å². The summed E-state index contributed by atoms with van der Waals surface area (Å²) >= 11 is 6.10. The number of hydrogen-bond donors (Lipinski definition) is 1. The molecular formula is C22H22ClFN4O. The van der Waals surface area contributed by atoms with Gasteiger partial charge in [0.25, 0.3) is 5.91 Å². The van der Waals surface area contributed by atoms with Crippen molar-refractivity contribution in [1.29, 1.82) is 0 Å². The average Bonchev–Trinajstić information content (AvgIpc) is 2.63. The number of nitrogens with one attached hydrogen (secondary N) is 1. The molecule has 1 aromatic carbocycles. The van der Waals surface area contributed by atoms with Crippen LogP contribution in [0, 0.1) is 12.7 Å². The molecule has 0 spiro atoms. The Hall–Kier alpha value is -2.86. The number of allylic oxidation sites excluding steroid dienone is 2. The molecule has 0 aliphatic carbocycles. The van der Waals surface area contributed by atoms with Crippen LogP contribution in [0.1, 0.15) is 36.7 Å². The minimum atomic E-state index is -0.300. The molecule has 0 atom stereocenters. The number of carbonyl (C=O) groups excluding carboxylic acids is 1. The maximum atomic E-state index is 13.7. The Labute approximate surface area is 174 Å². The molecule has 150 valence electrons. The predicted octanol–water partition coefficient (Wildman–Crippen LogP) is 4.90. The summed E-state index contributed by atoms with van der Waals surface area (Å²) in [5, 5.41) is 3.67. The quantitative estimate of drug-likeness (QED) is 0.712. The molecule has 1 amide bonds. The molecule has 3 heterocycles. The van der Waals surface area contributed by atoms with Gasteiger partial charge in [0.15, 0.2) is 0 Å². The van der Waals surface area contributed by atoms with Crippen LogP contribution in [0.4, 0.5) is 15.8 Å². The molecule has 29 heavy (non-hydrogen) atoms. The van der Waals surface area contributed by atoms with Crippen molar-refractivity contribution in [3.8, 4) is 0 Å². The molecule has 0 radical (unpaired) electrons. The fourth-order valence-electron chi connectivity index (χ4n) is 3.84. The highest BCUT2D eigenvalue weighted by Gasteiger charge is 2.35. The number of halogens is 2. The third kappa shape index (κ3) is 3.49. The molecule has 0 fully saturated rings. The number of pyridine rings is 1. The van der Waals surface area contributed by atoms with E-state index in [1.807, 2.05) is 30.9 Å². The van der Waals surface area contributed by atoms with Gasteiger partial charge in [0.05, 0.1) is 28.7 Å². The molecule has 2 aliphatic heterocycles. The number of anilines is 2. The van der Waals surface area contributed by atoms with Gasteiger partial charge in [-0.25, -0.2) is 9.37 Å². The maximum Gasteiger partial charge on any atom is 0.262 e. The Balaban J connectivity index is 1.85. The van der Waals surface area contributed by atoms with Crippen molar-refractivity contribution >= 4 is 28.9 Å². The van der Waals surface area contributed by atoms with Crippen LogP contribution in [0.3, 0.4) is 0 Å². The van der Waals surface area contributed by atoms with E-state index in [1.165, 1.54) is 12.1 Å². The smallest absolute Gasteiger partial charge is 0.262 e. The van der Waals surface area contributed by atoms with Crippen LogP contribution in [-0.2, 0) is 0 Å². The minimum Gasteiger partial charge on any atom is -0.379 e. The molecule has 0 saturated heterocycles. The number of nitrogens with zero attached hydrogens (tertiary/aromatic N) is 3. The second-order valence-electron chi connectivity index (χ2n) is 7.95.